The summed E-state index contributed by atoms with van der Waals surface area (Å²) in [5.74, 6) is -2.50. The highest BCUT2D eigenvalue weighted by Gasteiger charge is 2.14. The molecule has 1 unspecified atom stereocenters. The molecule has 1 atom stereocenters. The highest BCUT2D eigenvalue weighted by atomic mass is 31.2. The molecule has 0 saturated carbocycles. The van der Waals surface area contributed by atoms with Crippen molar-refractivity contribution in [1.82, 2.24) is 0 Å². The fraction of sp³-hybridized carbons (Fsp3) is 0.600. The highest BCUT2D eigenvalue weighted by molar-refractivity contribution is 7.50. The average Bonchev–Trinajstić information content (AvgIpc) is 1.80. The number of carboxylic acid groups (broad SMARTS) is 2. The Morgan fingerprint density at radius 3 is 1.71 bits per heavy atom. The summed E-state index contributed by atoms with van der Waals surface area (Å²) in [6.45, 7) is 0.854. The minimum atomic E-state index is -3.64. The van der Waals surface area contributed by atoms with Gasteiger partial charge in [-0.1, -0.05) is 0 Å². The van der Waals surface area contributed by atoms with Crippen LogP contribution >= 0.6 is 7.60 Å². The standard InChI is InChI=1S/C4H7NO4.CH5O3P/c5-2(4(8)9)1-3(6)7;1-5(2,3)4/h2H,1,5H2,(H,6,7)(H,8,9);1H3,(H2,2,3,4). The summed E-state index contributed by atoms with van der Waals surface area (Å²) in [5, 5.41) is 16.0. The molecule has 0 amide bonds. The Bertz CT molecular complexity index is 238. The van der Waals surface area contributed by atoms with E-state index >= 15 is 0 Å². The van der Waals surface area contributed by atoms with Crippen LogP contribution in [0.2, 0.25) is 0 Å². The van der Waals surface area contributed by atoms with E-state index in [1.807, 2.05) is 0 Å². The molecule has 14 heavy (non-hydrogen) atoms. The van der Waals surface area contributed by atoms with Crippen LogP contribution in [-0.2, 0) is 14.2 Å². The monoisotopic (exact) mass is 229 g/mol. The van der Waals surface area contributed by atoms with E-state index < -0.39 is 32.0 Å². The Morgan fingerprint density at radius 1 is 1.36 bits per heavy atom. The molecule has 0 heterocycles. The molecule has 0 aromatic rings. The molecule has 0 aromatic carbocycles. The van der Waals surface area contributed by atoms with Gasteiger partial charge < -0.3 is 25.7 Å². The van der Waals surface area contributed by atoms with Gasteiger partial charge in [0.15, 0.2) is 0 Å². The quantitative estimate of drug-likeness (QED) is 0.372. The number of hydrogen-bond donors (Lipinski definition) is 5. The molecule has 0 rings (SSSR count). The van der Waals surface area contributed by atoms with Gasteiger partial charge in [-0.05, 0) is 0 Å². The topological polar surface area (TPSA) is 158 Å². The van der Waals surface area contributed by atoms with E-state index in [-0.39, 0.29) is 0 Å². The number of nitrogens with two attached hydrogens (primary N) is 1. The lowest BCUT2D eigenvalue weighted by Crippen LogP contribution is -2.32. The van der Waals surface area contributed by atoms with Crippen molar-refractivity contribution in [3.05, 3.63) is 0 Å². The van der Waals surface area contributed by atoms with E-state index in [2.05, 4.69) is 0 Å². The Balaban J connectivity index is 0. The van der Waals surface area contributed by atoms with Crippen molar-refractivity contribution in [1.29, 1.82) is 0 Å². The van der Waals surface area contributed by atoms with Gasteiger partial charge in [-0.2, -0.15) is 0 Å². The Labute approximate surface area is 79.5 Å². The van der Waals surface area contributed by atoms with Gasteiger partial charge in [0.05, 0.1) is 6.42 Å². The largest absolute Gasteiger partial charge is 0.481 e. The summed E-state index contributed by atoms with van der Waals surface area (Å²) in [6.07, 6.45) is -0.532. The third-order valence-corrected chi connectivity index (χ3v) is 0.712. The molecule has 84 valence electrons. The van der Waals surface area contributed by atoms with E-state index in [0.29, 0.717) is 0 Å². The van der Waals surface area contributed by atoms with Gasteiger partial charge in [-0.25, -0.2) is 0 Å². The molecular formula is C5H12NO7P. The zero-order valence-electron chi connectivity index (χ0n) is 7.32. The maximum absolute atomic E-state index is 9.85. The molecule has 0 bridgehead atoms. The maximum atomic E-state index is 9.85. The van der Waals surface area contributed by atoms with Crippen molar-refractivity contribution in [2.75, 3.05) is 6.66 Å². The van der Waals surface area contributed by atoms with Gasteiger partial charge in [0.25, 0.3) is 0 Å². The van der Waals surface area contributed by atoms with E-state index in [0.717, 1.165) is 6.66 Å². The number of hydrogen-bond acceptors (Lipinski definition) is 4. The average molecular weight is 229 g/mol. The first-order chi connectivity index (χ1) is 6.04. The lowest BCUT2D eigenvalue weighted by atomic mass is 10.2. The van der Waals surface area contributed by atoms with Crippen molar-refractivity contribution >= 4 is 19.5 Å². The Hall–Kier alpha value is -0.950. The van der Waals surface area contributed by atoms with Crippen molar-refractivity contribution in [2.45, 2.75) is 12.5 Å². The van der Waals surface area contributed by atoms with Gasteiger partial charge in [0, 0.05) is 6.66 Å². The summed E-state index contributed by atoms with van der Waals surface area (Å²) in [7, 11) is -3.64. The molecule has 0 aliphatic heterocycles. The second-order valence-electron chi connectivity index (χ2n) is 2.38. The summed E-state index contributed by atoms with van der Waals surface area (Å²) < 4.78 is 9.33. The van der Waals surface area contributed by atoms with Crippen LogP contribution in [0.15, 0.2) is 0 Å². The molecule has 0 aliphatic rings. The predicted octanol–water partition coefficient (Wildman–Crippen LogP) is -1.33. The second-order valence-corrected chi connectivity index (χ2v) is 4.05. The van der Waals surface area contributed by atoms with E-state index in [4.69, 9.17) is 25.7 Å². The van der Waals surface area contributed by atoms with Crippen LogP contribution < -0.4 is 5.73 Å². The van der Waals surface area contributed by atoms with Gasteiger partial charge in [-0.3, -0.25) is 14.2 Å². The zero-order chi connectivity index (χ0) is 11.9. The minimum absolute atomic E-state index is 0.532. The molecule has 0 aliphatic carbocycles. The molecule has 9 heteroatoms. The number of carboxylic acids is 2. The number of carbonyl (C=O) groups is 2. The summed E-state index contributed by atoms with van der Waals surface area (Å²) in [6, 6.07) is -1.29. The summed E-state index contributed by atoms with van der Waals surface area (Å²) >= 11 is 0. The normalized spacial score (nSPS) is 12.3. The van der Waals surface area contributed by atoms with Crippen LogP contribution in [0.1, 0.15) is 6.42 Å². The number of rotatable bonds is 3. The molecule has 6 N–H and O–H groups in total. The molecule has 0 radical (unpaired) electrons. The second kappa shape index (κ2) is 6.50. The SMILES string of the molecule is CP(=O)(O)O.NC(CC(=O)O)C(=O)O. The van der Waals surface area contributed by atoms with E-state index in [9.17, 15) is 14.2 Å². The first-order valence-corrected chi connectivity index (χ1v) is 5.33. The smallest absolute Gasteiger partial charge is 0.322 e. The first kappa shape index (κ1) is 15.5. The lowest BCUT2D eigenvalue weighted by molar-refractivity contribution is -0.144. The molecule has 0 fully saturated rings. The lowest BCUT2D eigenvalue weighted by Gasteiger charge is -1.99. The highest BCUT2D eigenvalue weighted by Crippen LogP contribution is 2.26. The first-order valence-electron chi connectivity index (χ1n) is 3.27. The summed E-state index contributed by atoms with van der Waals surface area (Å²) in [4.78, 5) is 34.9. The minimum Gasteiger partial charge on any atom is -0.481 e. The fourth-order valence-corrected chi connectivity index (χ4v) is 0.275. The Kier molecular flexibility index (Phi) is 7.20. The van der Waals surface area contributed by atoms with Crippen LogP contribution in [0.5, 0.6) is 0 Å². The van der Waals surface area contributed by atoms with Crippen LogP contribution in [-0.4, -0.2) is 44.6 Å². The van der Waals surface area contributed by atoms with Gasteiger partial charge in [0.1, 0.15) is 6.04 Å². The zero-order valence-corrected chi connectivity index (χ0v) is 8.22. The van der Waals surface area contributed by atoms with Crippen molar-refractivity contribution in [2.24, 2.45) is 5.73 Å². The van der Waals surface area contributed by atoms with Gasteiger partial charge in [0.2, 0.25) is 0 Å². The fourth-order valence-electron chi connectivity index (χ4n) is 0.275. The van der Waals surface area contributed by atoms with Crippen LogP contribution in [0.3, 0.4) is 0 Å². The third kappa shape index (κ3) is 22.5. The van der Waals surface area contributed by atoms with E-state index in [1.165, 1.54) is 0 Å². The number of aliphatic carboxylic acids is 2. The molecule has 0 aromatic heterocycles. The van der Waals surface area contributed by atoms with Crippen molar-refractivity contribution in [3.8, 4) is 0 Å². The summed E-state index contributed by atoms with van der Waals surface area (Å²) in [5.41, 5.74) is 4.84. The van der Waals surface area contributed by atoms with Crippen LogP contribution in [0, 0.1) is 0 Å². The molecule has 0 saturated heterocycles. The molecular weight excluding hydrogens is 217 g/mol. The van der Waals surface area contributed by atoms with Crippen LogP contribution in [0.4, 0.5) is 0 Å². The van der Waals surface area contributed by atoms with Gasteiger partial charge in [-0.15, -0.1) is 0 Å². The van der Waals surface area contributed by atoms with Crippen molar-refractivity contribution < 1.29 is 34.2 Å². The third-order valence-electron chi connectivity index (χ3n) is 0.712. The molecule has 8 nitrogen and oxygen atoms in total. The van der Waals surface area contributed by atoms with Crippen molar-refractivity contribution in [3.63, 3.8) is 0 Å². The predicted molar refractivity (Wildman–Crippen MR) is 45.8 cm³/mol. The van der Waals surface area contributed by atoms with Crippen LogP contribution in [0.25, 0.3) is 0 Å². The molecule has 0 spiro atoms. The maximum Gasteiger partial charge on any atom is 0.322 e. The van der Waals surface area contributed by atoms with E-state index in [1.54, 1.807) is 0 Å². The van der Waals surface area contributed by atoms with Gasteiger partial charge >= 0.3 is 19.5 Å². The Morgan fingerprint density at radius 2 is 1.64 bits per heavy atom.